The molecule has 17 heavy (non-hydrogen) atoms. The summed E-state index contributed by atoms with van der Waals surface area (Å²) in [5, 5.41) is 0. The molecular weight excluding hydrogens is 238 g/mol. The number of hydrogen-bond acceptors (Lipinski definition) is 5. The van der Waals surface area contributed by atoms with Crippen LogP contribution in [0.2, 0.25) is 0 Å². The van der Waals surface area contributed by atoms with Gasteiger partial charge in [-0.1, -0.05) is 12.2 Å². The molecule has 2 heterocycles. The molecule has 0 aliphatic carbocycles. The van der Waals surface area contributed by atoms with Gasteiger partial charge in [0.2, 0.25) is 0 Å². The quantitative estimate of drug-likeness (QED) is 0.795. The van der Waals surface area contributed by atoms with E-state index in [1.807, 2.05) is 12.1 Å². The van der Waals surface area contributed by atoms with Gasteiger partial charge in [-0.15, -0.1) is 0 Å². The summed E-state index contributed by atoms with van der Waals surface area (Å²) in [5.74, 6) is 1.63. The lowest BCUT2D eigenvalue weighted by Crippen LogP contribution is -2.48. The minimum Gasteiger partial charge on any atom is -0.495 e. The monoisotopic (exact) mass is 253 g/mol. The van der Waals surface area contributed by atoms with Crippen LogP contribution in [0.1, 0.15) is 0 Å². The van der Waals surface area contributed by atoms with E-state index in [0.717, 1.165) is 18.1 Å². The molecule has 0 saturated carbocycles. The molecule has 2 N–H and O–H groups in total. The van der Waals surface area contributed by atoms with E-state index >= 15 is 0 Å². The molecule has 2 rings (SSSR count). The Morgan fingerprint density at radius 2 is 2.47 bits per heavy atom. The van der Waals surface area contributed by atoms with Crippen molar-refractivity contribution >= 4 is 23.0 Å². The Balaban J connectivity index is 2.08. The molecule has 1 aliphatic rings. The summed E-state index contributed by atoms with van der Waals surface area (Å²) < 4.78 is 10.5. The molecule has 1 atom stereocenters. The highest BCUT2D eigenvalue weighted by atomic mass is 32.1. The Labute approximate surface area is 106 Å². The largest absolute Gasteiger partial charge is 0.495 e. The van der Waals surface area contributed by atoms with Crippen LogP contribution < -0.4 is 15.4 Å². The molecule has 1 unspecified atom stereocenters. The Hall–Kier alpha value is -1.40. The number of nitrogens with two attached hydrogens (primary N) is 1. The summed E-state index contributed by atoms with van der Waals surface area (Å²) in [5.41, 5.74) is 5.59. The molecule has 1 aliphatic heterocycles. The minimum atomic E-state index is -0.192. The van der Waals surface area contributed by atoms with E-state index in [-0.39, 0.29) is 6.10 Å². The van der Waals surface area contributed by atoms with Gasteiger partial charge in [0, 0.05) is 6.54 Å². The molecule has 92 valence electrons. The first-order valence-electron chi connectivity index (χ1n) is 5.36. The van der Waals surface area contributed by atoms with Crippen molar-refractivity contribution in [3.05, 3.63) is 18.3 Å². The normalized spacial score (nSPS) is 20.1. The van der Waals surface area contributed by atoms with E-state index < -0.39 is 0 Å². The number of hydrogen-bond donors (Lipinski definition) is 1. The average Bonchev–Trinajstić information content (AvgIpc) is 2.39. The molecule has 1 aromatic rings. The fourth-order valence-electron chi connectivity index (χ4n) is 1.71. The zero-order chi connectivity index (χ0) is 12.3. The van der Waals surface area contributed by atoms with Crippen LogP contribution in [0.4, 0.5) is 5.82 Å². The van der Waals surface area contributed by atoms with Gasteiger partial charge in [0.1, 0.15) is 22.7 Å². The van der Waals surface area contributed by atoms with Gasteiger partial charge in [-0.25, -0.2) is 4.98 Å². The van der Waals surface area contributed by atoms with Gasteiger partial charge < -0.3 is 20.1 Å². The average molecular weight is 253 g/mol. The van der Waals surface area contributed by atoms with Gasteiger partial charge >= 0.3 is 0 Å². The van der Waals surface area contributed by atoms with Crippen molar-refractivity contribution in [1.29, 1.82) is 0 Å². The summed E-state index contributed by atoms with van der Waals surface area (Å²) in [4.78, 5) is 6.82. The zero-order valence-electron chi connectivity index (χ0n) is 9.63. The first-order chi connectivity index (χ1) is 8.20. The maximum Gasteiger partial charge on any atom is 0.137 e. The zero-order valence-corrected chi connectivity index (χ0v) is 10.4. The predicted molar refractivity (Wildman–Crippen MR) is 69.5 cm³/mol. The Morgan fingerprint density at radius 1 is 1.65 bits per heavy atom. The van der Waals surface area contributed by atoms with E-state index in [0.29, 0.717) is 18.1 Å². The number of anilines is 1. The molecule has 0 aromatic carbocycles. The third kappa shape index (κ3) is 2.83. The van der Waals surface area contributed by atoms with Gasteiger partial charge in [-0.2, -0.15) is 0 Å². The summed E-state index contributed by atoms with van der Waals surface area (Å²) in [6.45, 7) is 2.04. The topological polar surface area (TPSA) is 60.6 Å². The van der Waals surface area contributed by atoms with Gasteiger partial charge in [0.25, 0.3) is 0 Å². The summed E-state index contributed by atoms with van der Waals surface area (Å²) in [7, 11) is 1.62. The maximum atomic E-state index is 5.59. The van der Waals surface area contributed by atoms with Crippen molar-refractivity contribution in [1.82, 2.24) is 4.98 Å². The third-order valence-electron chi connectivity index (χ3n) is 2.66. The van der Waals surface area contributed by atoms with E-state index in [4.69, 9.17) is 27.4 Å². The van der Waals surface area contributed by atoms with Gasteiger partial charge in [0.05, 0.1) is 26.5 Å². The number of thiocarbonyl (C=S) groups is 1. The van der Waals surface area contributed by atoms with Crippen LogP contribution in [0.3, 0.4) is 0 Å². The Morgan fingerprint density at radius 3 is 3.06 bits per heavy atom. The molecule has 1 fully saturated rings. The maximum absolute atomic E-state index is 5.59. The number of nitrogens with zero attached hydrogens (tertiary/aromatic N) is 2. The number of morpholine rings is 1. The van der Waals surface area contributed by atoms with E-state index in [2.05, 4.69) is 9.88 Å². The second-order valence-electron chi connectivity index (χ2n) is 3.76. The smallest absolute Gasteiger partial charge is 0.137 e. The Kier molecular flexibility index (Phi) is 3.75. The van der Waals surface area contributed by atoms with Gasteiger partial charge in [-0.3, -0.25) is 0 Å². The van der Waals surface area contributed by atoms with E-state index in [1.54, 1.807) is 13.3 Å². The fraction of sp³-hybridized carbons (Fsp3) is 0.455. The molecular formula is C11H15N3O2S. The van der Waals surface area contributed by atoms with E-state index in [9.17, 15) is 0 Å². The molecule has 0 amide bonds. The van der Waals surface area contributed by atoms with Crippen LogP contribution in [0, 0.1) is 0 Å². The lowest BCUT2D eigenvalue weighted by atomic mass is 10.2. The molecule has 1 aromatic heterocycles. The van der Waals surface area contributed by atoms with Crippen molar-refractivity contribution in [2.24, 2.45) is 5.73 Å². The number of ether oxygens (including phenoxy) is 2. The summed E-state index contributed by atoms with van der Waals surface area (Å²) in [6.07, 6.45) is 1.50. The first-order valence-corrected chi connectivity index (χ1v) is 5.77. The summed E-state index contributed by atoms with van der Waals surface area (Å²) >= 11 is 4.94. The van der Waals surface area contributed by atoms with Gasteiger partial charge in [0.15, 0.2) is 0 Å². The highest BCUT2D eigenvalue weighted by Crippen LogP contribution is 2.18. The minimum absolute atomic E-state index is 0.192. The van der Waals surface area contributed by atoms with Crippen LogP contribution in [0.5, 0.6) is 5.75 Å². The van der Waals surface area contributed by atoms with Crippen molar-refractivity contribution in [3.8, 4) is 5.75 Å². The predicted octanol–water partition coefficient (Wildman–Crippen LogP) is 0.581. The highest BCUT2D eigenvalue weighted by Gasteiger charge is 2.23. The molecule has 0 radical (unpaired) electrons. The SMILES string of the molecule is COc1ccc(N2CCOC(C(N)=S)C2)nc1. The number of methoxy groups -OCH3 is 1. The van der Waals surface area contributed by atoms with Crippen LogP contribution in [-0.2, 0) is 4.74 Å². The highest BCUT2D eigenvalue weighted by molar-refractivity contribution is 7.80. The summed E-state index contributed by atoms with van der Waals surface area (Å²) in [6, 6.07) is 3.80. The second-order valence-corrected chi connectivity index (χ2v) is 4.24. The molecule has 6 heteroatoms. The number of rotatable bonds is 3. The standard InChI is InChI=1S/C11H15N3O2S/c1-15-8-2-3-10(13-6-8)14-4-5-16-9(7-14)11(12)17/h2-3,6,9H,4-5,7H2,1H3,(H2,12,17). The van der Waals surface area contributed by atoms with Crippen molar-refractivity contribution in [2.75, 3.05) is 31.7 Å². The first kappa shape index (κ1) is 12.1. The van der Waals surface area contributed by atoms with Crippen LogP contribution >= 0.6 is 12.2 Å². The molecule has 5 nitrogen and oxygen atoms in total. The molecule has 0 spiro atoms. The van der Waals surface area contributed by atoms with Gasteiger partial charge in [-0.05, 0) is 12.1 Å². The van der Waals surface area contributed by atoms with Crippen LogP contribution in [-0.4, -0.2) is 42.9 Å². The molecule has 1 saturated heterocycles. The number of pyridine rings is 1. The van der Waals surface area contributed by atoms with Crippen molar-refractivity contribution in [3.63, 3.8) is 0 Å². The molecule has 0 bridgehead atoms. The lowest BCUT2D eigenvalue weighted by molar-refractivity contribution is 0.0844. The lowest BCUT2D eigenvalue weighted by Gasteiger charge is -2.33. The van der Waals surface area contributed by atoms with E-state index in [1.165, 1.54) is 0 Å². The Bertz CT molecular complexity index is 396. The van der Waals surface area contributed by atoms with Crippen LogP contribution in [0.25, 0.3) is 0 Å². The van der Waals surface area contributed by atoms with Crippen molar-refractivity contribution < 1.29 is 9.47 Å². The third-order valence-corrected chi connectivity index (χ3v) is 2.93. The number of aromatic nitrogens is 1. The van der Waals surface area contributed by atoms with Crippen molar-refractivity contribution in [2.45, 2.75) is 6.10 Å². The second kappa shape index (κ2) is 5.29. The fourth-order valence-corrected chi connectivity index (χ4v) is 1.85. The van der Waals surface area contributed by atoms with Crippen LogP contribution in [0.15, 0.2) is 18.3 Å².